The Balaban J connectivity index is 0.765. The SMILES string of the molecule is c1ccc(-c2cc(-c3ccccc3)cc(-c3cccc(-c4cccc(-c5ccc(-c6cc(-c7cccc(-c8cc(-c9ccccc9)cc9cc(-c%10ccccc%10)ccc89)c7)cc(-c7cccc(-c8cc(-c9ccccc9)cc9cc(-c%10ccccc%10)ccc89)c7)c6)cc5)c4)c3)c2)cc1. The molecule has 0 amide bonds. The van der Waals surface area contributed by atoms with E-state index >= 15 is 0 Å². The zero-order chi connectivity index (χ0) is 65.1. The molecule has 98 heavy (non-hydrogen) atoms. The fourth-order valence-corrected chi connectivity index (χ4v) is 14.3. The Morgan fingerprint density at radius 1 is 0.0918 bits per heavy atom. The van der Waals surface area contributed by atoms with Gasteiger partial charge in [0.2, 0.25) is 0 Å². The molecule has 0 aromatic heterocycles. The minimum Gasteiger partial charge on any atom is -0.0622 e. The molecule has 17 aromatic carbocycles. The van der Waals surface area contributed by atoms with Gasteiger partial charge in [-0.2, -0.15) is 0 Å². The average molecular weight is 1240 g/mol. The molecule has 0 fully saturated rings. The molecule has 0 bridgehead atoms. The van der Waals surface area contributed by atoms with E-state index in [1.165, 1.54) is 138 Å². The van der Waals surface area contributed by atoms with Crippen molar-refractivity contribution in [3.63, 3.8) is 0 Å². The molecule has 0 heterocycles. The van der Waals surface area contributed by atoms with Gasteiger partial charge in [-0.15, -0.1) is 0 Å². The molecule has 0 unspecified atom stereocenters. The molecule has 17 aromatic rings. The molecule has 0 heteroatoms. The molecule has 0 spiro atoms. The first-order chi connectivity index (χ1) is 48.5. The van der Waals surface area contributed by atoms with Crippen molar-refractivity contribution in [2.75, 3.05) is 0 Å². The number of hydrogen-bond acceptors (Lipinski definition) is 0. The van der Waals surface area contributed by atoms with Gasteiger partial charge in [-0.25, -0.2) is 0 Å². The van der Waals surface area contributed by atoms with Crippen molar-refractivity contribution in [2.24, 2.45) is 0 Å². The van der Waals surface area contributed by atoms with E-state index in [1.807, 2.05) is 0 Å². The number of hydrogen-bond donors (Lipinski definition) is 0. The van der Waals surface area contributed by atoms with Crippen LogP contribution in [0.25, 0.3) is 177 Å². The van der Waals surface area contributed by atoms with Crippen LogP contribution in [0.4, 0.5) is 0 Å². The normalized spacial score (nSPS) is 11.3. The predicted molar refractivity (Wildman–Crippen MR) is 418 cm³/mol. The van der Waals surface area contributed by atoms with Crippen LogP contribution in [-0.2, 0) is 0 Å². The quantitative estimate of drug-likeness (QED) is 0.102. The Labute approximate surface area is 574 Å². The zero-order valence-corrected chi connectivity index (χ0v) is 54.1. The molecule has 17 rings (SSSR count). The third kappa shape index (κ3) is 12.2. The summed E-state index contributed by atoms with van der Waals surface area (Å²) in [6, 6.07) is 147. The van der Waals surface area contributed by atoms with E-state index in [9.17, 15) is 0 Å². The molecule has 0 saturated heterocycles. The van der Waals surface area contributed by atoms with E-state index < -0.39 is 0 Å². The molecular weight excluding hydrogens is 1180 g/mol. The molecule has 0 radical (unpaired) electrons. The third-order valence-electron chi connectivity index (χ3n) is 19.4. The van der Waals surface area contributed by atoms with Crippen LogP contribution in [0.15, 0.2) is 400 Å². The predicted octanol–water partition coefficient (Wildman–Crippen LogP) is 27.3. The van der Waals surface area contributed by atoms with Crippen LogP contribution >= 0.6 is 0 Å². The highest BCUT2D eigenvalue weighted by molar-refractivity contribution is 6.04. The lowest BCUT2D eigenvalue weighted by Crippen LogP contribution is -1.90. The summed E-state index contributed by atoms with van der Waals surface area (Å²) in [5.74, 6) is 0. The lowest BCUT2D eigenvalue weighted by atomic mass is 9.88. The summed E-state index contributed by atoms with van der Waals surface area (Å²) in [6.45, 7) is 0. The Morgan fingerprint density at radius 3 is 0.561 bits per heavy atom. The second-order valence-corrected chi connectivity index (χ2v) is 25.6. The van der Waals surface area contributed by atoms with Gasteiger partial charge >= 0.3 is 0 Å². The van der Waals surface area contributed by atoms with Gasteiger partial charge in [0.05, 0.1) is 0 Å². The van der Waals surface area contributed by atoms with E-state index in [-0.39, 0.29) is 0 Å². The van der Waals surface area contributed by atoms with E-state index in [0.717, 1.165) is 38.9 Å². The largest absolute Gasteiger partial charge is 0.0622 e. The molecule has 0 atom stereocenters. The van der Waals surface area contributed by atoms with Crippen LogP contribution in [0, 0.1) is 0 Å². The van der Waals surface area contributed by atoms with E-state index in [0.29, 0.717) is 0 Å². The van der Waals surface area contributed by atoms with Gasteiger partial charge in [-0.1, -0.05) is 303 Å². The number of benzene rings is 17. The fourth-order valence-electron chi connectivity index (χ4n) is 14.3. The highest BCUT2D eigenvalue weighted by Crippen LogP contribution is 2.43. The molecule has 458 valence electrons. The van der Waals surface area contributed by atoms with Gasteiger partial charge in [0.15, 0.2) is 0 Å². The van der Waals surface area contributed by atoms with Gasteiger partial charge in [-0.3, -0.25) is 0 Å². The lowest BCUT2D eigenvalue weighted by Gasteiger charge is -2.16. The van der Waals surface area contributed by atoms with Crippen molar-refractivity contribution in [3.8, 4) is 156 Å². The summed E-state index contributed by atoms with van der Waals surface area (Å²) < 4.78 is 0. The van der Waals surface area contributed by atoms with Gasteiger partial charge in [0.1, 0.15) is 0 Å². The van der Waals surface area contributed by atoms with Crippen molar-refractivity contribution < 1.29 is 0 Å². The topological polar surface area (TPSA) is 0 Å². The van der Waals surface area contributed by atoms with E-state index in [4.69, 9.17) is 0 Å². The van der Waals surface area contributed by atoms with Gasteiger partial charge in [0.25, 0.3) is 0 Å². The van der Waals surface area contributed by atoms with Crippen LogP contribution in [0.2, 0.25) is 0 Å². The number of rotatable bonds is 14. The van der Waals surface area contributed by atoms with E-state index in [2.05, 4.69) is 400 Å². The van der Waals surface area contributed by atoms with Crippen LogP contribution in [0.1, 0.15) is 0 Å². The van der Waals surface area contributed by atoms with Gasteiger partial charge in [0, 0.05) is 0 Å². The summed E-state index contributed by atoms with van der Waals surface area (Å²) in [6.07, 6.45) is 0. The molecule has 0 aliphatic heterocycles. The maximum absolute atomic E-state index is 2.40. The Morgan fingerprint density at radius 2 is 0.255 bits per heavy atom. The molecule has 0 N–H and O–H groups in total. The second kappa shape index (κ2) is 26.2. The maximum atomic E-state index is 2.40. The summed E-state index contributed by atoms with van der Waals surface area (Å²) in [5, 5.41) is 4.85. The van der Waals surface area contributed by atoms with Crippen LogP contribution < -0.4 is 0 Å². The summed E-state index contributed by atoms with van der Waals surface area (Å²) in [5.41, 5.74) is 33.0. The van der Waals surface area contributed by atoms with Crippen molar-refractivity contribution in [1.29, 1.82) is 0 Å². The molecule has 0 aliphatic rings. The fraction of sp³-hybridized carbons (Fsp3) is 0. The monoisotopic (exact) mass is 1240 g/mol. The zero-order valence-electron chi connectivity index (χ0n) is 54.1. The first-order valence-electron chi connectivity index (χ1n) is 33.8. The first-order valence-corrected chi connectivity index (χ1v) is 33.8. The van der Waals surface area contributed by atoms with Crippen LogP contribution in [-0.4, -0.2) is 0 Å². The Bertz CT molecular complexity index is 5440. The van der Waals surface area contributed by atoms with Crippen LogP contribution in [0.3, 0.4) is 0 Å². The first kappa shape index (κ1) is 59.0. The highest BCUT2D eigenvalue weighted by Gasteiger charge is 2.17. The van der Waals surface area contributed by atoms with Gasteiger partial charge in [-0.05, 0) is 274 Å². The molecular formula is C98H66. The minimum absolute atomic E-state index is 1.15. The third-order valence-corrected chi connectivity index (χ3v) is 19.4. The van der Waals surface area contributed by atoms with Gasteiger partial charge < -0.3 is 0 Å². The smallest absolute Gasteiger partial charge is 0.00990 e. The minimum atomic E-state index is 1.15. The summed E-state index contributed by atoms with van der Waals surface area (Å²) in [4.78, 5) is 0. The Kier molecular flexibility index (Phi) is 15.8. The Hall–Kier alpha value is -12.7. The van der Waals surface area contributed by atoms with Crippen molar-refractivity contribution >= 4 is 21.5 Å². The molecule has 0 saturated carbocycles. The standard InChI is InChI=1S/C98H66/c1-7-23-67(24-8-1)81-47-49-95-93(55-81)63-91(71-31-15-5-16-32-71)65-97(95)83-41-21-39-79(53-83)89-60-87(61-90(62-89)80-40-22-42-84(54-80)98-66-92(72-33-17-6-18-34-72)64-94-56-82(48-50-96(94)98)68-25-9-2-10-26-68)74-45-43-73(44-46-74)75-35-19-36-76(51-75)77-37-20-38-78(52-77)88-58-85(69-27-11-3-12-28-69)57-86(59-88)70-29-13-4-14-30-70/h1-66H. The number of fused-ring (bicyclic) bond motifs is 2. The average Bonchev–Trinajstić information content (AvgIpc) is 0.875. The molecule has 0 aliphatic carbocycles. The second-order valence-electron chi connectivity index (χ2n) is 25.6. The lowest BCUT2D eigenvalue weighted by molar-refractivity contribution is 1.54. The maximum Gasteiger partial charge on any atom is -0.00990 e. The highest BCUT2D eigenvalue weighted by atomic mass is 14.2. The van der Waals surface area contributed by atoms with Crippen molar-refractivity contribution in [3.05, 3.63) is 400 Å². The van der Waals surface area contributed by atoms with E-state index in [1.54, 1.807) is 0 Å². The van der Waals surface area contributed by atoms with Crippen LogP contribution in [0.5, 0.6) is 0 Å². The molecule has 0 nitrogen and oxygen atoms in total. The summed E-state index contributed by atoms with van der Waals surface area (Å²) in [7, 11) is 0. The summed E-state index contributed by atoms with van der Waals surface area (Å²) >= 11 is 0. The van der Waals surface area contributed by atoms with Crippen molar-refractivity contribution in [2.45, 2.75) is 0 Å². The van der Waals surface area contributed by atoms with Crippen molar-refractivity contribution in [1.82, 2.24) is 0 Å².